The molecule has 0 saturated heterocycles. The molecule has 0 fully saturated rings. The molecule has 3 rings (SSSR count). The molecule has 1 unspecified atom stereocenters. The van der Waals surface area contributed by atoms with Crippen molar-refractivity contribution in [1.82, 2.24) is 9.88 Å². The quantitative estimate of drug-likeness (QED) is 0.509. The van der Waals surface area contributed by atoms with Crippen LogP contribution in [0.1, 0.15) is 60.6 Å². The number of halogens is 1. The van der Waals surface area contributed by atoms with E-state index in [1.54, 1.807) is 11.0 Å². The predicted octanol–water partition coefficient (Wildman–Crippen LogP) is 3.85. The zero-order chi connectivity index (χ0) is 23.1. The van der Waals surface area contributed by atoms with E-state index in [-0.39, 0.29) is 52.2 Å². The number of aliphatic carboxylic acids is 1. The number of hydrogen-bond acceptors (Lipinski definition) is 6. The van der Waals surface area contributed by atoms with E-state index in [9.17, 15) is 14.7 Å². The van der Waals surface area contributed by atoms with Gasteiger partial charge in [0.05, 0.1) is 6.54 Å². The smallest absolute Gasteiger partial charge is 0.344 e. The van der Waals surface area contributed by atoms with Crippen molar-refractivity contribution < 1.29 is 24.5 Å². The van der Waals surface area contributed by atoms with E-state index in [0.29, 0.717) is 17.8 Å². The van der Waals surface area contributed by atoms with Crippen molar-refractivity contribution in [3.63, 3.8) is 0 Å². The number of carbonyl (C=O) groups is 2. The Labute approximate surface area is 197 Å². The first-order valence-corrected chi connectivity index (χ1v) is 9.99. The van der Waals surface area contributed by atoms with Crippen molar-refractivity contribution >= 4 is 34.6 Å². The molecule has 2 aromatic rings. The number of ketones is 1. The molecule has 0 saturated carbocycles. The van der Waals surface area contributed by atoms with E-state index >= 15 is 0 Å². The lowest BCUT2D eigenvalue weighted by molar-refractivity contribution is -0.144. The molecular formula is C23H28BrN3O5. The van der Waals surface area contributed by atoms with Gasteiger partial charge in [0.15, 0.2) is 23.4 Å². The van der Waals surface area contributed by atoms with E-state index < -0.39 is 17.5 Å². The summed E-state index contributed by atoms with van der Waals surface area (Å²) in [4.78, 5) is 30.4. The molecule has 1 atom stereocenters. The van der Waals surface area contributed by atoms with Gasteiger partial charge in [-0.05, 0) is 37.5 Å². The molecule has 9 heteroatoms. The van der Waals surface area contributed by atoms with Crippen molar-refractivity contribution in [2.45, 2.75) is 52.7 Å². The molecule has 0 aliphatic carbocycles. The number of aryl methyl sites for hydroxylation is 1. The first kappa shape index (κ1) is 25.3. The molecule has 0 bridgehead atoms. The molecule has 1 aromatic carbocycles. The van der Waals surface area contributed by atoms with Crippen LogP contribution in [-0.4, -0.2) is 50.3 Å². The zero-order valence-electron chi connectivity index (χ0n) is 18.7. The minimum atomic E-state index is -1.19. The Balaban J connectivity index is 0.00000363. The average molecular weight is 506 g/mol. The molecule has 32 heavy (non-hydrogen) atoms. The number of aromatic hydroxyl groups is 1. The number of aromatic nitrogens is 1. The second-order valence-electron chi connectivity index (χ2n) is 8.81. The number of fused-ring (bicyclic) bond motifs is 1. The average Bonchev–Trinajstić information content (AvgIpc) is 2.97. The van der Waals surface area contributed by atoms with Crippen molar-refractivity contribution in [2.24, 2.45) is 0 Å². The minimum absolute atomic E-state index is 0. The number of carbonyl (C=O) groups excluding carboxylic acids is 1. The van der Waals surface area contributed by atoms with Crippen LogP contribution in [0.4, 0.5) is 0 Å². The number of amidine groups is 1. The number of phenols is 1. The van der Waals surface area contributed by atoms with Crippen LogP contribution in [0.5, 0.6) is 11.5 Å². The van der Waals surface area contributed by atoms with Crippen LogP contribution in [0, 0.1) is 12.3 Å². The van der Waals surface area contributed by atoms with Crippen molar-refractivity contribution in [2.75, 3.05) is 6.54 Å². The van der Waals surface area contributed by atoms with Crippen LogP contribution in [0.25, 0.3) is 0 Å². The molecule has 0 amide bonds. The minimum Gasteiger partial charge on any atom is -0.504 e. The third-order valence-electron chi connectivity index (χ3n) is 5.21. The van der Waals surface area contributed by atoms with Gasteiger partial charge in [-0.2, -0.15) is 0 Å². The van der Waals surface area contributed by atoms with Crippen molar-refractivity contribution in [1.29, 1.82) is 5.41 Å². The first-order chi connectivity index (χ1) is 14.4. The van der Waals surface area contributed by atoms with Gasteiger partial charge in [-0.1, -0.05) is 26.8 Å². The molecule has 3 N–H and O–H groups in total. The monoisotopic (exact) mass is 505 g/mol. The number of phenolic OH excluding ortho intramolecular Hbond substituents is 1. The molecule has 8 nitrogen and oxygen atoms in total. The number of carboxylic acid groups (broad SMARTS) is 1. The summed E-state index contributed by atoms with van der Waals surface area (Å²) in [5, 5.41) is 28.2. The summed E-state index contributed by atoms with van der Waals surface area (Å²) in [5.74, 6) is -1.49. The lowest BCUT2D eigenvalue weighted by atomic mass is 9.84. The topological polar surface area (TPSA) is 124 Å². The van der Waals surface area contributed by atoms with E-state index in [0.717, 1.165) is 11.3 Å². The molecule has 1 aromatic heterocycles. The highest BCUT2D eigenvalue weighted by Gasteiger charge is 2.30. The van der Waals surface area contributed by atoms with Crippen LogP contribution in [0.15, 0.2) is 24.3 Å². The number of Topliss-reactive ketones (excluding diaryl/α,β-unsaturated/α-hetero) is 1. The molecular weight excluding hydrogens is 478 g/mol. The summed E-state index contributed by atoms with van der Waals surface area (Å²) >= 11 is 0. The molecule has 1 aliphatic rings. The molecule has 0 spiro atoms. The van der Waals surface area contributed by atoms with Gasteiger partial charge < -0.3 is 19.8 Å². The van der Waals surface area contributed by atoms with Gasteiger partial charge in [0.2, 0.25) is 0 Å². The van der Waals surface area contributed by atoms with E-state index in [1.807, 2.05) is 39.8 Å². The Morgan fingerprint density at radius 1 is 1.28 bits per heavy atom. The molecule has 1 aliphatic heterocycles. The summed E-state index contributed by atoms with van der Waals surface area (Å²) in [5.41, 5.74) is 2.52. The third kappa shape index (κ3) is 5.09. The fourth-order valence-corrected chi connectivity index (χ4v) is 3.42. The predicted molar refractivity (Wildman–Crippen MR) is 125 cm³/mol. The maximum atomic E-state index is 13.1. The first-order valence-electron chi connectivity index (χ1n) is 9.99. The van der Waals surface area contributed by atoms with Gasteiger partial charge in [0, 0.05) is 28.9 Å². The van der Waals surface area contributed by atoms with Crippen LogP contribution in [0.2, 0.25) is 0 Å². The van der Waals surface area contributed by atoms with Crippen LogP contribution < -0.4 is 4.74 Å². The third-order valence-corrected chi connectivity index (χ3v) is 5.21. The Kier molecular flexibility index (Phi) is 7.34. The Hall–Kier alpha value is -2.94. The highest BCUT2D eigenvalue weighted by molar-refractivity contribution is 8.93. The van der Waals surface area contributed by atoms with Crippen LogP contribution in [0.3, 0.4) is 0 Å². The fraction of sp³-hybridized carbons (Fsp3) is 0.391. The summed E-state index contributed by atoms with van der Waals surface area (Å²) in [7, 11) is 0. The normalized spacial score (nSPS) is 13.9. The molecule has 2 heterocycles. The maximum absolute atomic E-state index is 13.1. The van der Waals surface area contributed by atoms with Gasteiger partial charge in [-0.15, -0.1) is 17.0 Å². The number of nitrogens with zero attached hydrogens (tertiary/aromatic N) is 2. The standard InChI is InChI=1S/C23H27N3O5.BrH/c1-12-6-7-14-10-26(21(24)19(14)25-12)11-17(27)15-8-16(23(3,4)5)20(28)18(9-15)31-13(2)22(29)30;/h6-9,13,24,28H,10-11H2,1-5H3,(H,29,30);1H. The summed E-state index contributed by atoms with van der Waals surface area (Å²) in [6.07, 6.45) is -1.19. The number of rotatable bonds is 6. The van der Waals surface area contributed by atoms with Gasteiger partial charge in [-0.25, -0.2) is 9.78 Å². The summed E-state index contributed by atoms with van der Waals surface area (Å²) in [6, 6.07) is 6.75. The Morgan fingerprint density at radius 3 is 2.53 bits per heavy atom. The highest BCUT2D eigenvalue weighted by atomic mass is 79.9. The zero-order valence-corrected chi connectivity index (χ0v) is 20.4. The number of carboxylic acids is 1. The molecule has 0 radical (unpaired) electrons. The van der Waals surface area contributed by atoms with Gasteiger partial charge in [0.1, 0.15) is 11.5 Å². The summed E-state index contributed by atoms with van der Waals surface area (Å²) < 4.78 is 5.42. The second-order valence-corrected chi connectivity index (χ2v) is 8.81. The molecule has 172 valence electrons. The lowest BCUT2D eigenvalue weighted by Crippen LogP contribution is -2.31. The number of nitrogens with one attached hydrogen (secondary N) is 1. The maximum Gasteiger partial charge on any atom is 0.344 e. The number of benzene rings is 1. The second kappa shape index (κ2) is 9.28. The summed E-state index contributed by atoms with van der Waals surface area (Å²) in [6.45, 7) is 9.20. The van der Waals surface area contributed by atoms with Crippen molar-refractivity contribution in [3.8, 4) is 11.5 Å². The Morgan fingerprint density at radius 2 is 1.94 bits per heavy atom. The largest absolute Gasteiger partial charge is 0.504 e. The van der Waals surface area contributed by atoms with Crippen molar-refractivity contribution in [3.05, 3.63) is 52.3 Å². The van der Waals surface area contributed by atoms with E-state index in [1.165, 1.54) is 13.0 Å². The Bertz CT molecular complexity index is 1080. The SMILES string of the molecule is Br.Cc1ccc2c(n1)C(=N)N(CC(=O)c1cc(OC(C)C(=O)O)c(O)c(C(C)(C)C)c1)C2. The van der Waals surface area contributed by atoms with Gasteiger partial charge >= 0.3 is 5.97 Å². The van der Waals surface area contributed by atoms with Gasteiger partial charge in [0.25, 0.3) is 0 Å². The fourth-order valence-electron chi connectivity index (χ4n) is 3.42. The van der Waals surface area contributed by atoms with Crippen LogP contribution in [-0.2, 0) is 16.8 Å². The van der Waals surface area contributed by atoms with Crippen LogP contribution >= 0.6 is 17.0 Å². The van der Waals surface area contributed by atoms with E-state index in [4.69, 9.17) is 15.3 Å². The number of hydrogen-bond donors (Lipinski definition) is 3. The van der Waals surface area contributed by atoms with Gasteiger partial charge in [-0.3, -0.25) is 10.2 Å². The number of pyridine rings is 1. The highest BCUT2D eigenvalue weighted by Crippen LogP contribution is 2.39. The number of ether oxygens (including phenoxy) is 1. The lowest BCUT2D eigenvalue weighted by Gasteiger charge is -2.24. The van der Waals surface area contributed by atoms with E-state index in [2.05, 4.69) is 4.98 Å².